The minimum Gasteiger partial charge on any atom is -0.383 e. The van der Waals surface area contributed by atoms with Crippen LogP contribution in [0.5, 0.6) is 0 Å². The topological polar surface area (TPSA) is 75.7 Å². The summed E-state index contributed by atoms with van der Waals surface area (Å²) >= 11 is 0. The number of benzene rings is 1. The van der Waals surface area contributed by atoms with E-state index < -0.39 is 10.0 Å². The molecule has 23 heavy (non-hydrogen) atoms. The molecule has 0 aromatic heterocycles. The van der Waals surface area contributed by atoms with Crippen LogP contribution in [0, 0.1) is 6.92 Å². The van der Waals surface area contributed by atoms with E-state index in [0.717, 1.165) is 18.4 Å². The molecule has 1 amide bonds. The van der Waals surface area contributed by atoms with E-state index in [9.17, 15) is 13.2 Å². The van der Waals surface area contributed by atoms with Crippen molar-refractivity contribution < 1.29 is 17.9 Å². The Labute approximate surface area is 137 Å². The summed E-state index contributed by atoms with van der Waals surface area (Å²) in [6.07, 6.45) is 1.76. The fourth-order valence-electron chi connectivity index (χ4n) is 2.68. The lowest BCUT2D eigenvalue weighted by Gasteiger charge is -2.18. The van der Waals surface area contributed by atoms with E-state index >= 15 is 0 Å². The van der Waals surface area contributed by atoms with Gasteiger partial charge in [0, 0.05) is 31.8 Å². The number of rotatable bonds is 6. The van der Waals surface area contributed by atoms with Crippen LogP contribution in [0.4, 0.5) is 0 Å². The van der Waals surface area contributed by atoms with Gasteiger partial charge in [-0.25, -0.2) is 8.42 Å². The number of carbonyl (C=O) groups is 1. The third-order valence-electron chi connectivity index (χ3n) is 3.95. The molecular formula is C16H24N2O4S. The number of nitrogens with zero attached hydrogens (tertiary/aromatic N) is 1. The van der Waals surface area contributed by atoms with Crippen molar-refractivity contribution in [3.63, 3.8) is 0 Å². The number of ether oxygens (including phenoxy) is 1. The number of sulfonamides is 1. The lowest BCUT2D eigenvalue weighted by atomic mass is 10.1. The van der Waals surface area contributed by atoms with Gasteiger partial charge in [-0.05, 0) is 44.4 Å². The molecule has 0 saturated carbocycles. The summed E-state index contributed by atoms with van der Waals surface area (Å²) in [6.45, 7) is 5.12. The lowest BCUT2D eigenvalue weighted by Crippen LogP contribution is -2.36. The first kappa shape index (κ1) is 17.9. The lowest BCUT2D eigenvalue weighted by molar-refractivity contribution is 0.0904. The first-order valence-electron chi connectivity index (χ1n) is 7.77. The number of amides is 1. The Bertz CT molecular complexity index is 667. The molecule has 1 heterocycles. The summed E-state index contributed by atoms with van der Waals surface area (Å²) in [4.78, 5) is 12.6. The molecule has 1 N–H and O–H groups in total. The number of nitrogens with one attached hydrogen (secondary N) is 1. The molecule has 1 aromatic carbocycles. The van der Waals surface area contributed by atoms with E-state index in [4.69, 9.17) is 4.74 Å². The van der Waals surface area contributed by atoms with E-state index in [1.54, 1.807) is 26.2 Å². The van der Waals surface area contributed by atoms with Crippen LogP contribution in [0.1, 0.15) is 35.7 Å². The van der Waals surface area contributed by atoms with E-state index in [0.29, 0.717) is 25.3 Å². The number of aryl methyl sites for hydroxylation is 1. The van der Waals surface area contributed by atoms with Gasteiger partial charge in [0.05, 0.1) is 11.5 Å². The van der Waals surface area contributed by atoms with Crippen molar-refractivity contribution in [1.82, 2.24) is 9.62 Å². The third kappa shape index (κ3) is 4.10. The van der Waals surface area contributed by atoms with Gasteiger partial charge in [-0.15, -0.1) is 0 Å². The summed E-state index contributed by atoms with van der Waals surface area (Å²) < 4.78 is 31.7. The second-order valence-corrected chi connectivity index (χ2v) is 7.86. The molecule has 1 unspecified atom stereocenters. The van der Waals surface area contributed by atoms with Crippen molar-refractivity contribution in [3.8, 4) is 0 Å². The quantitative estimate of drug-likeness (QED) is 0.852. The first-order valence-corrected chi connectivity index (χ1v) is 9.21. The predicted molar refractivity (Wildman–Crippen MR) is 88.0 cm³/mol. The molecule has 2 rings (SSSR count). The fraction of sp³-hybridized carbons (Fsp3) is 0.562. The molecule has 1 fully saturated rings. The standard InChI is InChI=1S/C16H24N2O4S/c1-12-6-7-14(23(20,21)18-8-4-5-9-18)10-15(12)16(19)17-13(2)11-22-3/h6-7,10,13H,4-5,8-9,11H2,1-3H3,(H,17,19). The van der Waals surface area contributed by atoms with Crippen molar-refractivity contribution in [2.75, 3.05) is 26.8 Å². The van der Waals surface area contributed by atoms with Gasteiger partial charge < -0.3 is 10.1 Å². The van der Waals surface area contributed by atoms with Crippen LogP contribution in [0.2, 0.25) is 0 Å². The minimum absolute atomic E-state index is 0.147. The average molecular weight is 340 g/mol. The van der Waals surface area contributed by atoms with Crippen LogP contribution in [-0.2, 0) is 14.8 Å². The molecule has 128 valence electrons. The van der Waals surface area contributed by atoms with Crippen molar-refractivity contribution >= 4 is 15.9 Å². The first-order chi connectivity index (χ1) is 10.9. The highest BCUT2D eigenvalue weighted by Crippen LogP contribution is 2.23. The molecular weight excluding hydrogens is 316 g/mol. The Balaban J connectivity index is 2.26. The molecule has 6 nitrogen and oxygen atoms in total. The summed E-state index contributed by atoms with van der Waals surface area (Å²) in [6, 6.07) is 4.57. The van der Waals surface area contributed by atoms with Gasteiger partial charge in [-0.2, -0.15) is 4.31 Å². The maximum Gasteiger partial charge on any atom is 0.251 e. The highest BCUT2D eigenvalue weighted by molar-refractivity contribution is 7.89. The second kappa shape index (κ2) is 7.42. The van der Waals surface area contributed by atoms with Crippen LogP contribution >= 0.6 is 0 Å². The summed E-state index contributed by atoms with van der Waals surface area (Å²) in [7, 11) is -1.95. The number of hydrogen-bond acceptors (Lipinski definition) is 4. The van der Waals surface area contributed by atoms with Gasteiger partial charge in [0.1, 0.15) is 0 Å². The van der Waals surface area contributed by atoms with Crippen molar-refractivity contribution in [1.29, 1.82) is 0 Å². The number of hydrogen-bond donors (Lipinski definition) is 1. The molecule has 1 atom stereocenters. The van der Waals surface area contributed by atoms with E-state index in [1.807, 2.05) is 6.92 Å². The molecule has 1 saturated heterocycles. The SMILES string of the molecule is COCC(C)NC(=O)c1cc(S(=O)(=O)N2CCCC2)ccc1C. The largest absolute Gasteiger partial charge is 0.383 e. The van der Waals surface area contributed by atoms with Crippen molar-refractivity contribution in [3.05, 3.63) is 29.3 Å². The Kier molecular flexibility index (Phi) is 5.78. The zero-order chi connectivity index (χ0) is 17.0. The maximum atomic E-state index is 12.6. The Hall–Kier alpha value is -1.44. The van der Waals surface area contributed by atoms with Gasteiger partial charge in [0.2, 0.25) is 10.0 Å². The minimum atomic E-state index is -3.52. The zero-order valence-corrected chi connectivity index (χ0v) is 14.6. The van der Waals surface area contributed by atoms with Crippen molar-refractivity contribution in [2.24, 2.45) is 0 Å². The van der Waals surface area contributed by atoms with Crippen LogP contribution < -0.4 is 5.32 Å². The van der Waals surface area contributed by atoms with Gasteiger partial charge in [-0.1, -0.05) is 6.07 Å². The third-order valence-corrected chi connectivity index (χ3v) is 5.85. The highest BCUT2D eigenvalue weighted by atomic mass is 32.2. The van der Waals surface area contributed by atoms with Crippen LogP contribution in [-0.4, -0.2) is 51.5 Å². The molecule has 0 bridgehead atoms. The van der Waals surface area contributed by atoms with E-state index in [1.165, 1.54) is 10.4 Å². The Morgan fingerprint density at radius 3 is 2.61 bits per heavy atom. The van der Waals surface area contributed by atoms with Crippen LogP contribution in [0.15, 0.2) is 23.1 Å². The summed E-state index contributed by atoms with van der Waals surface area (Å²) in [5.74, 6) is -0.287. The number of methoxy groups -OCH3 is 1. The predicted octanol–water partition coefficient (Wildman–Crippen LogP) is 1.54. The summed E-state index contributed by atoms with van der Waals surface area (Å²) in [5.41, 5.74) is 1.13. The van der Waals surface area contributed by atoms with Gasteiger partial charge in [0.15, 0.2) is 0 Å². The second-order valence-electron chi connectivity index (χ2n) is 5.92. The number of carbonyl (C=O) groups excluding carboxylic acids is 1. The van der Waals surface area contributed by atoms with Gasteiger partial charge >= 0.3 is 0 Å². The highest BCUT2D eigenvalue weighted by Gasteiger charge is 2.28. The van der Waals surface area contributed by atoms with Crippen LogP contribution in [0.25, 0.3) is 0 Å². The Morgan fingerprint density at radius 1 is 1.35 bits per heavy atom. The average Bonchev–Trinajstić information content (AvgIpc) is 3.02. The van der Waals surface area contributed by atoms with E-state index in [2.05, 4.69) is 5.32 Å². The molecule has 0 aliphatic carbocycles. The monoisotopic (exact) mass is 340 g/mol. The Morgan fingerprint density at radius 2 is 2.00 bits per heavy atom. The van der Waals surface area contributed by atoms with Gasteiger partial charge in [-0.3, -0.25) is 4.79 Å². The smallest absolute Gasteiger partial charge is 0.251 e. The molecule has 7 heteroatoms. The molecule has 1 aromatic rings. The molecule has 1 aliphatic rings. The zero-order valence-electron chi connectivity index (χ0n) is 13.8. The molecule has 0 spiro atoms. The van der Waals surface area contributed by atoms with Gasteiger partial charge in [0.25, 0.3) is 5.91 Å². The molecule has 0 radical (unpaired) electrons. The van der Waals surface area contributed by atoms with Crippen molar-refractivity contribution in [2.45, 2.75) is 37.6 Å². The normalized spacial score (nSPS) is 17.2. The maximum absolute atomic E-state index is 12.6. The molecule has 1 aliphatic heterocycles. The van der Waals surface area contributed by atoms with Crippen LogP contribution in [0.3, 0.4) is 0 Å². The van der Waals surface area contributed by atoms with E-state index in [-0.39, 0.29) is 16.8 Å². The fourth-order valence-corrected chi connectivity index (χ4v) is 4.22. The summed E-state index contributed by atoms with van der Waals surface area (Å²) in [5, 5.41) is 2.81.